The third-order valence-corrected chi connectivity index (χ3v) is 2.89. The highest BCUT2D eigenvalue weighted by Crippen LogP contribution is 2.19. The Morgan fingerprint density at radius 1 is 1.22 bits per heavy atom. The molecule has 0 aromatic carbocycles. The number of hydrogen-bond acceptors (Lipinski definition) is 3. The van der Waals surface area contributed by atoms with Gasteiger partial charge in [-0.25, -0.2) is 4.68 Å². The largest absolute Gasteiger partial charge is 0.384 e. The maximum atomic E-state index is 6.03. The molecule has 0 aliphatic carbocycles. The smallest absolute Gasteiger partial charge is 0.122 e. The van der Waals surface area contributed by atoms with Crippen LogP contribution in [0.4, 0.5) is 5.82 Å². The van der Waals surface area contributed by atoms with Crippen LogP contribution in [0.15, 0.2) is 6.07 Å². The molecule has 18 heavy (non-hydrogen) atoms. The van der Waals surface area contributed by atoms with Crippen molar-refractivity contribution in [2.75, 3.05) is 18.8 Å². The van der Waals surface area contributed by atoms with E-state index in [-0.39, 0.29) is 5.54 Å². The first-order valence-electron chi connectivity index (χ1n) is 6.95. The third kappa shape index (κ3) is 4.02. The molecule has 0 unspecified atom stereocenters. The van der Waals surface area contributed by atoms with Crippen LogP contribution in [-0.2, 0) is 12.1 Å². The van der Waals surface area contributed by atoms with Crippen molar-refractivity contribution in [1.82, 2.24) is 14.7 Å². The molecule has 0 saturated carbocycles. The highest BCUT2D eigenvalue weighted by Gasteiger charge is 2.18. The van der Waals surface area contributed by atoms with E-state index in [1.54, 1.807) is 0 Å². The van der Waals surface area contributed by atoms with Crippen LogP contribution in [0.2, 0.25) is 0 Å². The Morgan fingerprint density at radius 3 is 2.17 bits per heavy atom. The minimum atomic E-state index is -0.0529. The summed E-state index contributed by atoms with van der Waals surface area (Å²) in [4.78, 5) is 2.44. The predicted molar refractivity (Wildman–Crippen MR) is 77.5 cm³/mol. The zero-order valence-electron chi connectivity index (χ0n) is 12.5. The summed E-state index contributed by atoms with van der Waals surface area (Å²) in [6.45, 7) is 13.9. The minimum Gasteiger partial charge on any atom is -0.384 e. The van der Waals surface area contributed by atoms with Gasteiger partial charge >= 0.3 is 0 Å². The Hall–Kier alpha value is -1.03. The van der Waals surface area contributed by atoms with Crippen LogP contribution in [0.25, 0.3) is 0 Å². The maximum absolute atomic E-state index is 6.03. The van der Waals surface area contributed by atoms with Gasteiger partial charge in [0.1, 0.15) is 5.82 Å². The number of nitrogens with zero attached hydrogens (tertiary/aromatic N) is 3. The molecule has 1 rings (SSSR count). The lowest BCUT2D eigenvalue weighted by atomic mass is 10.1. The predicted octanol–water partition coefficient (Wildman–Crippen LogP) is 2.84. The Kier molecular flexibility index (Phi) is 5.20. The van der Waals surface area contributed by atoms with Gasteiger partial charge in [0, 0.05) is 12.6 Å². The molecule has 1 heterocycles. The summed E-state index contributed by atoms with van der Waals surface area (Å²) in [5, 5.41) is 4.64. The van der Waals surface area contributed by atoms with Crippen molar-refractivity contribution in [3.05, 3.63) is 11.8 Å². The molecule has 1 aromatic rings. The van der Waals surface area contributed by atoms with E-state index in [4.69, 9.17) is 5.73 Å². The number of aromatic nitrogens is 2. The second-order valence-electron chi connectivity index (χ2n) is 5.92. The third-order valence-electron chi connectivity index (χ3n) is 2.89. The SMILES string of the molecule is CCCN(CCC)Cc1cc(N)n(C(C)(C)C)n1. The van der Waals surface area contributed by atoms with E-state index >= 15 is 0 Å². The molecule has 0 fully saturated rings. The Bertz CT molecular complexity index is 356. The molecule has 0 amide bonds. The van der Waals surface area contributed by atoms with Crippen LogP contribution >= 0.6 is 0 Å². The summed E-state index contributed by atoms with van der Waals surface area (Å²) in [6, 6.07) is 2.00. The first-order valence-corrected chi connectivity index (χ1v) is 6.95. The highest BCUT2D eigenvalue weighted by atomic mass is 15.4. The first-order chi connectivity index (χ1) is 8.38. The second kappa shape index (κ2) is 6.23. The molecular weight excluding hydrogens is 224 g/mol. The fourth-order valence-electron chi connectivity index (χ4n) is 2.19. The average Bonchev–Trinajstić information content (AvgIpc) is 2.60. The second-order valence-corrected chi connectivity index (χ2v) is 5.92. The van der Waals surface area contributed by atoms with E-state index in [1.165, 1.54) is 12.8 Å². The van der Waals surface area contributed by atoms with Crippen LogP contribution in [0.3, 0.4) is 0 Å². The van der Waals surface area contributed by atoms with Gasteiger partial charge in [-0.3, -0.25) is 4.90 Å². The summed E-state index contributed by atoms with van der Waals surface area (Å²) in [5.41, 5.74) is 7.05. The van der Waals surface area contributed by atoms with E-state index in [0.717, 1.165) is 31.1 Å². The Labute approximate surface area is 111 Å². The van der Waals surface area contributed by atoms with Gasteiger partial charge in [-0.15, -0.1) is 0 Å². The topological polar surface area (TPSA) is 47.1 Å². The fraction of sp³-hybridized carbons (Fsp3) is 0.786. The number of nitrogen functional groups attached to an aromatic ring is 1. The van der Waals surface area contributed by atoms with E-state index < -0.39 is 0 Å². The zero-order chi connectivity index (χ0) is 13.8. The van der Waals surface area contributed by atoms with Crippen molar-refractivity contribution in [3.8, 4) is 0 Å². The first kappa shape index (κ1) is 15.0. The fourth-order valence-corrected chi connectivity index (χ4v) is 2.19. The lowest BCUT2D eigenvalue weighted by Gasteiger charge is -2.21. The molecule has 4 nitrogen and oxygen atoms in total. The van der Waals surface area contributed by atoms with Gasteiger partial charge in [-0.2, -0.15) is 5.10 Å². The lowest BCUT2D eigenvalue weighted by molar-refractivity contribution is 0.260. The average molecular weight is 252 g/mol. The van der Waals surface area contributed by atoms with Gasteiger partial charge in [0.15, 0.2) is 0 Å². The van der Waals surface area contributed by atoms with Crippen molar-refractivity contribution in [2.45, 2.75) is 59.5 Å². The molecule has 0 saturated heterocycles. The summed E-state index contributed by atoms with van der Waals surface area (Å²) >= 11 is 0. The molecule has 1 aromatic heterocycles. The van der Waals surface area contributed by atoms with Crippen LogP contribution in [0.5, 0.6) is 0 Å². The monoisotopic (exact) mass is 252 g/mol. The van der Waals surface area contributed by atoms with Crippen molar-refractivity contribution in [3.63, 3.8) is 0 Å². The standard InChI is InChI=1S/C14H28N4/c1-6-8-17(9-7-2)11-12-10-13(15)18(16-12)14(3,4)5/h10H,6-9,11,15H2,1-5H3. The number of rotatable bonds is 6. The van der Waals surface area contributed by atoms with Crippen LogP contribution in [0.1, 0.15) is 53.2 Å². The quantitative estimate of drug-likeness (QED) is 0.847. The maximum Gasteiger partial charge on any atom is 0.122 e. The molecular formula is C14H28N4. The Balaban J connectivity index is 2.78. The van der Waals surface area contributed by atoms with E-state index in [2.05, 4.69) is 44.6 Å². The van der Waals surface area contributed by atoms with Crippen molar-refractivity contribution < 1.29 is 0 Å². The highest BCUT2D eigenvalue weighted by molar-refractivity contribution is 5.32. The van der Waals surface area contributed by atoms with Gasteiger partial charge in [0.2, 0.25) is 0 Å². The molecule has 2 N–H and O–H groups in total. The molecule has 4 heteroatoms. The van der Waals surface area contributed by atoms with Crippen molar-refractivity contribution >= 4 is 5.82 Å². The number of hydrogen-bond donors (Lipinski definition) is 1. The van der Waals surface area contributed by atoms with Gasteiger partial charge in [-0.05, 0) is 46.7 Å². The summed E-state index contributed by atoms with van der Waals surface area (Å²) in [6.07, 6.45) is 2.35. The Morgan fingerprint density at radius 2 is 1.78 bits per heavy atom. The molecule has 0 spiro atoms. The van der Waals surface area contributed by atoms with Crippen molar-refractivity contribution in [2.24, 2.45) is 0 Å². The number of nitrogens with two attached hydrogens (primary N) is 1. The normalized spacial score (nSPS) is 12.3. The molecule has 0 radical (unpaired) electrons. The van der Waals surface area contributed by atoms with Crippen LogP contribution in [0, 0.1) is 0 Å². The van der Waals surface area contributed by atoms with Crippen LogP contribution in [-0.4, -0.2) is 27.8 Å². The van der Waals surface area contributed by atoms with E-state index in [0.29, 0.717) is 0 Å². The van der Waals surface area contributed by atoms with E-state index in [1.807, 2.05) is 10.7 Å². The number of anilines is 1. The minimum absolute atomic E-state index is 0.0529. The summed E-state index contributed by atoms with van der Waals surface area (Å²) < 4.78 is 1.92. The van der Waals surface area contributed by atoms with E-state index in [9.17, 15) is 0 Å². The molecule has 0 atom stereocenters. The van der Waals surface area contributed by atoms with Gasteiger partial charge in [0.25, 0.3) is 0 Å². The van der Waals surface area contributed by atoms with Gasteiger partial charge in [0.05, 0.1) is 11.2 Å². The van der Waals surface area contributed by atoms with Crippen molar-refractivity contribution in [1.29, 1.82) is 0 Å². The van der Waals surface area contributed by atoms with Gasteiger partial charge in [-0.1, -0.05) is 13.8 Å². The molecule has 0 aliphatic heterocycles. The molecule has 0 bridgehead atoms. The van der Waals surface area contributed by atoms with Gasteiger partial charge < -0.3 is 5.73 Å². The summed E-state index contributed by atoms with van der Waals surface area (Å²) in [5.74, 6) is 0.755. The zero-order valence-corrected chi connectivity index (χ0v) is 12.5. The molecule has 104 valence electrons. The lowest BCUT2D eigenvalue weighted by Crippen LogP contribution is -2.27. The summed E-state index contributed by atoms with van der Waals surface area (Å²) in [7, 11) is 0. The molecule has 0 aliphatic rings. The van der Waals surface area contributed by atoms with Crippen LogP contribution < -0.4 is 5.73 Å².